The topological polar surface area (TPSA) is 63.2 Å². The fraction of sp³-hybridized carbons (Fsp3) is 0.0500. The molecule has 27 heavy (non-hydrogen) atoms. The van der Waals surface area contributed by atoms with E-state index in [-0.39, 0.29) is 17.2 Å². The molecule has 2 heterocycles. The molecule has 2 aromatic heterocycles. The smallest absolute Gasteiger partial charge is 0.240 e. The number of nitrogens with one attached hydrogen (secondary N) is 1. The van der Waals surface area contributed by atoms with Gasteiger partial charge >= 0.3 is 0 Å². The van der Waals surface area contributed by atoms with Crippen LogP contribution < -0.4 is 4.72 Å². The van der Waals surface area contributed by atoms with E-state index in [1.165, 1.54) is 22.7 Å². The van der Waals surface area contributed by atoms with E-state index in [2.05, 4.69) is 4.72 Å². The predicted molar refractivity (Wildman–Crippen MR) is 110 cm³/mol. The third kappa shape index (κ3) is 3.86. The lowest BCUT2D eigenvalue weighted by atomic mass is 10.1. The minimum Gasteiger partial charge on any atom is -0.288 e. The molecular weight excluding hydrogens is 398 g/mol. The molecule has 0 unspecified atom stereocenters. The summed E-state index contributed by atoms with van der Waals surface area (Å²) < 4.78 is 27.8. The van der Waals surface area contributed by atoms with Crippen LogP contribution in [0.5, 0.6) is 0 Å². The normalized spacial score (nSPS) is 11.7. The molecule has 4 nitrogen and oxygen atoms in total. The van der Waals surface area contributed by atoms with Crippen LogP contribution in [-0.2, 0) is 16.6 Å². The lowest BCUT2D eigenvalue weighted by Crippen LogP contribution is -2.22. The highest BCUT2D eigenvalue weighted by atomic mass is 32.2. The summed E-state index contributed by atoms with van der Waals surface area (Å²) in [6, 6.07) is 18.0. The first-order valence-electron chi connectivity index (χ1n) is 8.17. The van der Waals surface area contributed by atoms with Crippen LogP contribution in [0.4, 0.5) is 0 Å². The van der Waals surface area contributed by atoms with E-state index in [0.717, 1.165) is 15.6 Å². The molecule has 0 atom stereocenters. The first kappa shape index (κ1) is 18.1. The first-order chi connectivity index (χ1) is 13.0. The molecule has 0 bridgehead atoms. The van der Waals surface area contributed by atoms with Crippen molar-refractivity contribution >= 4 is 49.3 Å². The molecule has 4 rings (SSSR count). The van der Waals surface area contributed by atoms with Crippen molar-refractivity contribution in [3.63, 3.8) is 0 Å². The molecule has 7 heteroatoms. The second kappa shape index (κ2) is 7.36. The number of rotatable bonds is 6. The van der Waals surface area contributed by atoms with Crippen molar-refractivity contribution in [2.45, 2.75) is 11.4 Å². The molecule has 0 spiro atoms. The van der Waals surface area contributed by atoms with Gasteiger partial charge in [0.1, 0.15) is 0 Å². The number of thiophene rings is 2. The summed E-state index contributed by atoms with van der Waals surface area (Å²) in [5.74, 6) is -0.0371. The molecule has 0 amide bonds. The highest BCUT2D eigenvalue weighted by Crippen LogP contribution is 2.23. The number of sulfonamides is 1. The molecule has 0 aliphatic carbocycles. The summed E-state index contributed by atoms with van der Waals surface area (Å²) in [4.78, 5) is 14.0. The molecule has 0 aliphatic heterocycles. The highest BCUT2D eigenvalue weighted by Gasteiger charge is 2.16. The van der Waals surface area contributed by atoms with Crippen molar-refractivity contribution in [2.24, 2.45) is 0 Å². The van der Waals surface area contributed by atoms with Crippen molar-refractivity contribution < 1.29 is 13.2 Å². The van der Waals surface area contributed by atoms with Crippen LogP contribution in [-0.4, -0.2) is 14.2 Å². The average molecular weight is 414 g/mol. The zero-order valence-corrected chi connectivity index (χ0v) is 16.5. The molecule has 1 N–H and O–H groups in total. The second-order valence-electron chi connectivity index (χ2n) is 5.94. The molecule has 0 fully saturated rings. The monoisotopic (exact) mass is 413 g/mol. The molecule has 4 aromatic rings. The summed E-state index contributed by atoms with van der Waals surface area (Å²) in [5.41, 5.74) is 0.658. The van der Waals surface area contributed by atoms with E-state index in [0.29, 0.717) is 10.4 Å². The first-order valence-corrected chi connectivity index (χ1v) is 11.4. The number of hydrogen-bond acceptors (Lipinski definition) is 5. The quantitative estimate of drug-likeness (QED) is 0.467. The maximum Gasteiger partial charge on any atom is 0.240 e. The fourth-order valence-electron chi connectivity index (χ4n) is 2.71. The number of carbonyl (C=O) groups is 1. The van der Waals surface area contributed by atoms with Crippen molar-refractivity contribution in [3.05, 3.63) is 86.7 Å². The zero-order valence-electron chi connectivity index (χ0n) is 14.1. The second-order valence-corrected chi connectivity index (χ2v) is 9.66. The van der Waals surface area contributed by atoms with Crippen molar-refractivity contribution in [1.29, 1.82) is 0 Å². The van der Waals surface area contributed by atoms with E-state index in [1.54, 1.807) is 36.4 Å². The standard InChI is InChI=1S/C20H15NO3S3/c22-20(16-9-10-25-13-16)19-8-6-17(26-19)12-21-27(23,24)18-7-5-14-3-1-2-4-15(14)11-18/h1-11,13,21H,12H2. The molecule has 0 aliphatic rings. The van der Waals surface area contributed by atoms with Crippen LogP contribution >= 0.6 is 22.7 Å². The summed E-state index contributed by atoms with van der Waals surface area (Å²) in [7, 11) is -3.63. The van der Waals surface area contributed by atoms with E-state index in [9.17, 15) is 13.2 Å². The van der Waals surface area contributed by atoms with Crippen molar-refractivity contribution in [3.8, 4) is 0 Å². The van der Waals surface area contributed by atoms with Gasteiger partial charge in [0.25, 0.3) is 0 Å². The lowest BCUT2D eigenvalue weighted by molar-refractivity contribution is 0.104. The molecular formula is C20H15NO3S3. The Hall–Kier alpha value is -2.32. The SMILES string of the molecule is O=C(c1ccsc1)c1ccc(CNS(=O)(=O)c2ccc3ccccc3c2)s1. The maximum atomic E-state index is 12.6. The van der Waals surface area contributed by atoms with Crippen molar-refractivity contribution in [1.82, 2.24) is 4.72 Å². The van der Waals surface area contributed by atoms with Crippen LogP contribution in [0.3, 0.4) is 0 Å². The van der Waals surface area contributed by atoms with Crippen LogP contribution in [0.25, 0.3) is 10.8 Å². The lowest BCUT2D eigenvalue weighted by Gasteiger charge is -2.07. The third-order valence-electron chi connectivity index (χ3n) is 4.14. The summed E-state index contributed by atoms with van der Waals surface area (Å²) in [5, 5.41) is 5.54. The number of carbonyl (C=O) groups excluding carboxylic acids is 1. The Morgan fingerprint density at radius 2 is 1.78 bits per heavy atom. The van der Waals surface area contributed by atoms with Crippen LogP contribution in [0.1, 0.15) is 20.1 Å². The Labute approximate surface area is 165 Å². The summed E-state index contributed by atoms with van der Waals surface area (Å²) in [6.07, 6.45) is 0. The van der Waals surface area contributed by atoms with Crippen molar-refractivity contribution in [2.75, 3.05) is 0 Å². The van der Waals surface area contributed by atoms with Crippen LogP contribution in [0.2, 0.25) is 0 Å². The van der Waals surface area contributed by atoms with Gasteiger partial charge < -0.3 is 0 Å². The maximum absolute atomic E-state index is 12.6. The van der Waals surface area contributed by atoms with Gasteiger partial charge in [0.2, 0.25) is 15.8 Å². The molecule has 136 valence electrons. The van der Waals surface area contributed by atoms with Gasteiger partial charge in [0.15, 0.2) is 0 Å². The Morgan fingerprint density at radius 3 is 2.56 bits per heavy atom. The Balaban J connectivity index is 1.49. The number of hydrogen-bond donors (Lipinski definition) is 1. The van der Waals surface area contributed by atoms with Gasteiger partial charge in [-0.2, -0.15) is 11.3 Å². The van der Waals surface area contributed by atoms with Gasteiger partial charge in [-0.3, -0.25) is 4.79 Å². The van der Waals surface area contributed by atoms with Gasteiger partial charge in [-0.15, -0.1) is 11.3 Å². The van der Waals surface area contributed by atoms with Crippen LogP contribution in [0, 0.1) is 0 Å². The Kier molecular flexibility index (Phi) is 4.92. The van der Waals surface area contributed by atoms with Gasteiger partial charge in [-0.25, -0.2) is 13.1 Å². The Bertz CT molecular complexity index is 1210. The van der Waals surface area contributed by atoms with Gasteiger partial charge in [-0.1, -0.05) is 30.3 Å². The Morgan fingerprint density at radius 1 is 0.963 bits per heavy atom. The minimum atomic E-state index is -3.63. The average Bonchev–Trinajstić information content (AvgIpc) is 3.37. The number of fused-ring (bicyclic) bond motifs is 1. The van der Waals surface area contributed by atoms with E-state index in [1.807, 2.05) is 35.0 Å². The van der Waals surface area contributed by atoms with Gasteiger partial charge in [0, 0.05) is 22.4 Å². The van der Waals surface area contributed by atoms with E-state index < -0.39 is 10.0 Å². The highest BCUT2D eigenvalue weighted by molar-refractivity contribution is 7.89. The minimum absolute atomic E-state index is 0.0371. The van der Waals surface area contributed by atoms with E-state index in [4.69, 9.17) is 0 Å². The zero-order chi connectivity index (χ0) is 18.9. The number of ketones is 1. The van der Waals surface area contributed by atoms with Crippen LogP contribution in [0.15, 0.2) is 76.3 Å². The number of benzene rings is 2. The van der Waals surface area contributed by atoms with Gasteiger partial charge in [0.05, 0.1) is 9.77 Å². The summed E-state index contributed by atoms with van der Waals surface area (Å²) >= 11 is 2.78. The molecule has 2 aromatic carbocycles. The molecule has 0 saturated heterocycles. The van der Waals surface area contributed by atoms with E-state index >= 15 is 0 Å². The van der Waals surface area contributed by atoms with Gasteiger partial charge in [-0.05, 0) is 46.5 Å². The fourth-order valence-corrected chi connectivity index (χ4v) is 5.39. The largest absolute Gasteiger partial charge is 0.288 e. The molecule has 0 saturated carbocycles. The molecule has 0 radical (unpaired) electrons. The summed E-state index contributed by atoms with van der Waals surface area (Å²) in [6.45, 7) is 0.150. The predicted octanol–water partition coefficient (Wildman–Crippen LogP) is 4.67. The third-order valence-corrected chi connectivity index (χ3v) is 7.30.